The minimum absolute atomic E-state index is 0.0181. The van der Waals surface area contributed by atoms with Gasteiger partial charge in [0, 0.05) is 24.6 Å². The molecule has 0 aromatic heterocycles. The standard InChI is InChI=1S/C36H48N2O7/c1-21-36(33(41)42-5)17-26(12-31(39)37-19-35-14-23-8-24(15-35)10-25(9-23)16-35)32(40)38(29(36)13-30(45-21)34(2,3)4)18-22-6-7-27-28(11-22)44-20-43-27/h6-7,11,13,21,23-26,30H,8-10,12,14-20H2,1-5H3,(H,37,39)/t21-,23?,24?,25?,26+,30-,35?,36+/m1/s1. The second-order valence-electron chi connectivity index (χ2n) is 16.0. The summed E-state index contributed by atoms with van der Waals surface area (Å²) in [6, 6.07) is 5.63. The van der Waals surface area contributed by atoms with Crippen LogP contribution in [0.5, 0.6) is 11.5 Å². The first-order chi connectivity index (χ1) is 21.4. The van der Waals surface area contributed by atoms with E-state index in [2.05, 4.69) is 26.1 Å². The lowest BCUT2D eigenvalue weighted by Crippen LogP contribution is -2.61. The Kier molecular flexibility index (Phi) is 7.49. The lowest BCUT2D eigenvalue weighted by molar-refractivity contribution is -0.180. The van der Waals surface area contributed by atoms with E-state index in [-0.39, 0.29) is 54.9 Å². The number of carbonyl (C=O) groups is 3. The number of methoxy groups -OCH3 is 1. The van der Waals surface area contributed by atoms with E-state index < -0.39 is 23.4 Å². The van der Waals surface area contributed by atoms with Crippen molar-refractivity contribution in [1.82, 2.24) is 10.2 Å². The number of benzene rings is 1. The average Bonchev–Trinajstić information content (AvgIpc) is 3.45. The Morgan fingerprint density at radius 3 is 2.33 bits per heavy atom. The first-order valence-corrected chi connectivity index (χ1v) is 16.8. The molecule has 4 aliphatic carbocycles. The maximum atomic E-state index is 14.5. The number of amides is 2. The van der Waals surface area contributed by atoms with Crippen molar-refractivity contribution in [2.75, 3.05) is 20.4 Å². The summed E-state index contributed by atoms with van der Waals surface area (Å²) >= 11 is 0. The van der Waals surface area contributed by atoms with Crippen molar-refractivity contribution < 1.29 is 33.3 Å². The number of nitrogens with zero attached hydrogens (tertiary/aromatic N) is 1. The number of hydrogen-bond acceptors (Lipinski definition) is 7. The molecule has 8 rings (SSSR count). The van der Waals surface area contributed by atoms with Crippen molar-refractivity contribution >= 4 is 17.8 Å². The van der Waals surface area contributed by atoms with E-state index in [1.165, 1.54) is 45.6 Å². The third kappa shape index (κ3) is 5.33. The van der Waals surface area contributed by atoms with Gasteiger partial charge in [0.25, 0.3) is 0 Å². The Bertz CT molecular complexity index is 1380. The number of fused-ring (bicyclic) bond motifs is 2. The molecule has 0 unspecified atom stereocenters. The van der Waals surface area contributed by atoms with Crippen LogP contribution in [0.3, 0.4) is 0 Å². The molecule has 1 aromatic rings. The van der Waals surface area contributed by atoms with Gasteiger partial charge in [-0.2, -0.15) is 0 Å². The van der Waals surface area contributed by atoms with Crippen molar-refractivity contribution in [2.45, 2.75) is 97.8 Å². The molecule has 244 valence electrons. The predicted molar refractivity (Wildman–Crippen MR) is 166 cm³/mol. The highest BCUT2D eigenvalue weighted by molar-refractivity contribution is 5.92. The number of rotatable bonds is 7. The second-order valence-corrected chi connectivity index (χ2v) is 16.0. The highest BCUT2D eigenvalue weighted by Crippen LogP contribution is 2.60. The largest absolute Gasteiger partial charge is 0.468 e. The van der Waals surface area contributed by atoms with Crippen LogP contribution in [0, 0.1) is 39.9 Å². The van der Waals surface area contributed by atoms with E-state index in [0.29, 0.717) is 23.7 Å². The summed E-state index contributed by atoms with van der Waals surface area (Å²) in [6.07, 6.45) is 8.88. The normalized spacial score (nSPS) is 36.4. The van der Waals surface area contributed by atoms with Gasteiger partial charge in [-0.15, -0.1) is 0 Å². The molecule has 5 fully saturated rings. The van der Waals surface area contributed by atoms with Crippen LogP contribution in [0.15, 0.2) is 30.0 Å². The van der Waals surface area contributed by atoms with Crippen molar-refractivity contribution in [2.24, 2.45) is 39.9 Å². The molecule has 3 heterocycles. The van der Waals surface area contributed by atoms with Crippen LogP contribution in [0.2, 0.25) is 0 Å². The van der Waals surface area contributed by atoms with E-state index in [1.807, 2.05) is 31.2 Å². The SMILES string of the molecule is COC(=O)[C@]12C[C@H](CC(=O)NCC34CC5CC(CC(C5)C3)C4)C(=O)N(Cc3ccc4c(c3)OCO4)C1=C[C@H](C(C)(C)C)O[C@@H]2C. The molecule has 9 nitrogen and oxygen atoms in total. The molecule has 4 bridgehead atoms. The summed E-state index contributed by atoms with van der Waals surface area (Å²) in [7, 11) is 1.38. The summed E-state index contributed by atoms with van der Waals surface area (Å²) in [5.74, 6) is 2.24. The molecule has 2 amide bonds. The van der Waals surface area contributed by atoms with E-state index in [0.717, 1.165) is 23.3 Å². The number of nitrogens with one attached hydrogen (secondary N) is 1. The molecule has 1 N–H and O–H groups in total. The third-order valence-electron chi connectivity index (χ3n) is 11.7. The van der Waals surface area contributed by atoms with Crippen LogP contribution in [0.25, 0.3) is 0 Å². The number of carbonyl (C=O) groups excluding carboxylic acids is 3. The molecule has 0 radical (unpaired) electrons. The molecule has 7 aliphatic rings. The molecule has 45 heavy (non-hydrogen) atoms. The number of ether oxygens (including phenoxy) is 4. The van der Waals surface area contributed by atoms with Crippen LogP contribution >= 0.6 is 0 Å². The van der Waals surface area contributed by atoms with Crippen LogP contribution in [-0.2, 0) is 30.4 Å². The maximum absolute atomic E-state index is 14.5. The van der Waals surface area contributed by atoms with Crippen LogP contribution in [0.4, 0.5) is 0 Å². The van der Waals surface area contributed by atoms with Gasteiger partial charge < -0.3 is 29.2 Å². The van der Waals surface area contributed by atoms with Gasteiger partial charge in [0.15, 0.2) is 11.5 Å². The minimum Gasteiger partial charge on any atom is -0.468 e. The number of likely N-dealkylation sites (tertiary alicyclic amines) is 1. The Balaban J connectivity index is 1.18. The molecular formula is C36H48N2O7. The summed E-state index contributed by atoms with van der Waals surface area (Å²) in [5, 5.41) is 3.26. The van der Waals surface area contributed by atoms with E-state index in [9.17, 15) is 14.4 Å². The molecule has 9 heteroatoms. The van der Waals surface area contributed by atoms with Crippen LogP contribution in [-0.4, -0.2) is 55.3 Å². The number of hydrogen-bond donors (Lipinski definition) is 1. The van der Waals surface area contributed by atoms with Gasteiger partial charge >= 0.3 is 5.97 Å². The smallest absolute Gasteiger partial charge is 0.320 e. The first-order valence-electron chi connectivity index (χ1n) is 16.8. The topological polar surface area (TPSA) is 103 Å². The zero-order valence-corrected chi connectivity index (χ0v) is 27.4. The molecular weight excluding hydrogens is 572 g/mol. The lowest BCUT2D eigenvalue weighted by Gasteiger charge is -2.57. The highest BCUT2D eigenvalue weighted by atomic mass is 16.7. The van der Waals surface area contributed by atoms with Gasteiger partial charge in [-0.25, -0.2) is 0 Å². The highest BCUT2D eigenvalue weighted by Gasteiger charge is 2.60. The first kappa shape index (κ1) is 30.6. The summed E-state index contributed by atoms with van der Waals surface area (Å²) in [6.45, 7) is 9.18. The van der Waals surface area contributed by atoms with Gasteiger partial charge in [-0.1, -0.05) is 26.8 Å². The Morgan fingerprint density at radius 1 is 1.02 bits per heavy atom. The summed E-state index contributed by atoms with van der Waals surface area (Å²) in [4.78, 5) is 43.6. The van der Waals surface area contributed by atoms with Gasteiger partial charge in [0.05, 0.1) is 25.9 Å². The molecule has 1 saturated heterocycles. The van der Waals surface area contributed by atoms with Crippen molar-refractivity contribution in [1.29, 1.82) is 0 Å². The minimum atomic E-state index is -1.23. The Morgan fingerprint density at radius 2 is 1.69 bits per heavy atom. The summed E-state index contributed by atoms with van der Waals surface area (Å²) < 4.78 is 23.1. The fraction of sp³-hybridized carbons (Fsp3) is 0.694. The fourth-order valence-electron chi connectivity index (χ4n) is 9.92. The monoisotopic (exact) mass is 620 g/mol. The van der Waals surface area contributed by atoms with Crippen molar-refractivity contribution in [3.05, 3.63) is 35.5 Å². The van der Waals surface area contributed by atoms with Gasteiger partial charge in [0.1, 0.15) is 5.41 Å². The van der Waals surface area contributed by atoms with Crippen LogP contribution in [0.1, 0.15) is 84.6 Å². The van der Waals surface area contributed by atoms with E-state index >= 15 is 0 Å². The third-order valence-corrected chi connectivity index (χ3v) is 11.7. The molecule has 4 saturated carbocycles. The van der Waals surface area contributed by atoms with Gasteiger partial charge in [0.2, 0.25) is 18.6 Å². The van der Waals surface area contributed by atoms with Crippen LogP contribution < -0.4 is 14.8 Å². The van der Waals surface area contributed by atoms with E-state index in [1.54, 1.807) is 4.90 Å². The zero-order chi connectivity index (χ0) is 31.7. The fourth-order valence-corrected chi connectivity index (χ4v) is 9.92. The number of esters is 1. The molecule has 3 aliphatic heterocycles. The van der Waals surface area contributed by atoms with Gasteiger partial charge in [-0.3, -0.25) is 14.4 Å². The molecule has 1 aromatic carbocycles. The second kappa shape index (κ2) is 11.0. The summed E-state index contributed by atoms with van der Waals surface area (Å²) in [5.41, 5.74) is 0.131. The molecule has 4 atom stereocenters. The molecule has 0 spiro atoms. The van der Waals surface area contributed by atoms with E-state index in [4.69, 9.17) is 18.9 Å². The zero-order valence-electron chi connectivity index (χ0n) is 27.4. The average molecular weight is 621 g/mol. The lowest BCUT2D eigenvalue weighted by atomic mass is 9.49. The Labute approximate surface area is 266 Å². The van der Waals surface area contributed by atoms with Crippen molar-refractivity contribution in [3.8, 4) is 11.5 Å². The predicted octanol–water partition coefficient (Wildman–Crippen LogP) is 5.36. The van der Waals surface area contributed by atoms with Gasteiger partial charge in [-0.05, 0) is 104 Å². The maximum Gasteiger partial charge on any atom is 0.320 e. The quantitative estimate of drug-likeness (QED) is 0.409. The Hall–Kier alpha value is -3.07. The van der Waals surface area contributed by atoms with Crippen molar-refractivity contribution in [3.63, 3.8) is 0 Å². The number of piperidine rings is 1.